The molecule has 3 N–H and O–H groups in total. The molecule has 1 rings (SSSR count). The van der Waals surface area contributed by atoms with Crippen LogP contribution in [-0.4, -0.2) is 22.6 Å². The van der Waals surface area contributed by atoms with Crippen molar-refractivity contribution >= 4 is 23.6 Å². The van der Waals surface area contributed by atoms with Crippen LogP contribution in [0.25, 0.3) is 0 Å². The van der Waals surface area contributed by atoms with E-state index in [1.807, 2.05) is 0 Å². The average molecular weight is 303 g/mol. The number of urea groups is 1. The van der Waals surface area contributed by atoms with Crippen molar-refractivity contribution in [1.29, 1.82) is 0 Å². The molecule has 0 radical (unpaired) electrons. The standard InChI is InChI=1S/C13H16ClFN2O3/c1-3-13(2,11(18)19)17-12(20)16-7-8-4-5-9(14)10(15)6-8/h4-6H,3,7H2,1-2H3,(H,18,19)(H2,16,17,20). The van der Waals surface area contributed by atoms with E-state index in [0.29, 0.717) is 5.56 Å². The number of aliphatic carboxylic acids is 1. The Hall–Kier alpha value is -1.82. The summed E-state index contributed by atoms with van der Waals surface area (Å²) in [5, 5.41) is 13.9. The minimum Gasteiger partial charge on any atom is -0.480 e. The molecule has 1 unspecified atom stereocenters. The van der Waals surface area contributed by atoms with Gasteiger partial charge in [0, 0.05) is 6.54 Å². The summed E-state index contributed by atoms with van der Waals surface area (Å²) in [6, 6.07) is 3.53. The molecule has 110 valence electrons. The summed E-state index contributed by atoms with van der Waals surface area (Å²) in [6.45, 7) is 3.14. The molecule has 0 aromatic heterocycles. The largest absolute Gasteiger partial charge is 0.480 e. The zero-order chi connectivity index (χ0) is 15.3. The molecule has 0 heterocycles. The van der Waals surface area contributed by atoms with Crippen LogP contribution in [0.2, 0.25) is 5.02 Å². The van der Waals surface area contributed by atoms with E-state index in [9.17, 15) is 14.0 Å². The third-order valence-electron chi connectivity index (χ3n) is 3.01. The Kier molecular flexibility index (Phi) is 5.33. The second-order valence-electron chi connectivity index (χ2n) is 4.55. The van der Waals surface area contributed by atoms with E-state index < -0.39 is 23.4 Å². The van der Waals surface area contributed by atoms with E-state index in [4.69, 9.17) is 16.7 Å². The van der Waals surface area contributed by atoms with E-state index in [0.717, 1.165) is 0 Å². The first kappa shape index (κ1) is 16.2. The molecule has 0 saturated heterocycles. The average Bonchev–Trinajstić information content (AvgIpc) is 2.39. The van der Waals surface area contributed by atoms with Crippen LogP contribution in [0.1, 0.15) is 25.8 Å². The lowest BCUT2D eigenvalue weighted by molar-refractivity contribution is -0.143. The monoisotopic (exact) mass is 302 g/mol. The van der Waals surface area contributed by atoms with Crippen molar-refractivity contribution in [2.45, 2.75) is 32.4 Å². The van der Waals surface area contributed by atoms with Crippen LogP contribution >= 0.6 is 11.6 Å². The number of carbonyl (C=O) groups is 2. The molecule has 7 heteroatoms. The van der Waals surface area contributed by atoms with Crippen molar-refractivity contribution in [3.63, 3.8) is 0 Å². The number of benzene rings is 1. The third kappa shape index (κ3) is 4.09. The lowest BCUT2D eigenvalue weighted by Crippen LogP contribution is -2.54. The Morgan fingerprint density at radius 2 is 2.10 bits per heavy atom. The summed E-state index contributed by atoms with van der Waals surface area (Å²) in [5.41, 5.74) is -0.814. The number of rotatable bonds is 5. The predicted octanol–water partition coefficient (Wildman–Crippen LogP) is 2.53. The smallest absolute Gasteiger partial charge is 0.329 e. The quantitative estimate of drug-likeness (QED) is 0.782. The minimum absolute atomic E-state index is 0.00244. The zero-order valence-electron chi connectivity index (χ0n) is 11.2. The van der Waals surface area contributed by atoms with Gasteiger partial charge in [-0.05, 0) is 31.0 Å². The summed E-state index contributed by atoms with van der Waals surface area (Å²) >= 11 is 5.54. The second-order valence-corrected chi connectivity index (χ2v) is 4.95. The van der Waals surface area contributed by atoms with Gasteiger partial charge in [0.2, 0.25) is 0 Å². The Balaban J connectivity index is 2.59. The first-order valence-corrected chi connectivity index (χ1v) is 6.39. The fourth-order valence-electron chi connectivity index (χ4n) is 1.42. The highest BCUT2D eigenvalue weighted by Gasteiger charge is 2.32. The highest BCUT2D eigenvalue weighted by atomic mass is 35.5. The Bertz CT molecular complexity index is 524. The van der Waals surface area contributed by atoms with Gasteiger partial charge in [0.1, 0.15) is 11.4 Å². The van der Waals surface area contributed by atoms with Crippen LogP contribution in [0.3, 0.4) is 0 Å². The summed E-state index contributed by atoms with van der Waals surface area (Å²) in [5.74, 6) is -1.69. The molecule has 1 atom stereocenters. The number of hydrogen-bond donors (Lipinski definition) is 3. The Morgan fingerprint density at radius 3 is 2.60 bits per heavy atom. The van der Waals surface area contributed by atoms with Gasteiger partial charge in [-0.15, -0.1) is 0 Å². The molecule has 0 fully saturated rings. The molecule has 0 aliphatic rings. The lowest BCUT2D eigenvalue weighted by Gasteiger charge is -2.24. The van der Waals surface area contributed by atoms with Crippen molar-refractivity contribution in [3.05, 3.63) is 34.6 Å². The second kappa shape index (κ2) is 6.56. The Labute approximate surface area is 121 Å². The van der Waals surface area contributed by atoms with Gasteiger partial charge in [-0.2, -0.15) is 0 Å². The summed E-state index contributed by atoms with van der Waals surface area (Å²) in [6.07, 6.45) is 0.241. The molecule has 0 aliphatic carbocycles. The van der Waals surface area contributed by atoms with Gasteiger partial charge in [-0.1, -0.05) is 24.6 Å². The van der Waals surface area contributed by atoms with Crippen LogP contribution in [0.5, 0.6) is 0 Å². The van der Waals surface area contributed by atoms with E-state index in [1.54, 1.807) is 13.0 Å². The molecule has 1 aromatic carbocycles. The number of halogens is 2. The van der Waals surface area contributed by atoms with Crippen LogP contribution in [0.15, 0.2) is 18.2 Å². The van der Waals surface area contributed by atoms with Gasteiger partial charge in [-0.3, -0.25) is 0 Å². The van der Waals surface area contributed by atoms with Crippen molar-refractivity contribution in [1.82, 2.24) is 10.6 Å². The molecule has 0 spiro atoms. The maximum Gasteiger partial charge on any atom is 0.329 e. The number of carboxylic acid groups (broad SMARTS) is 1. The van der Waals surface area contributed by atoms with Crippen molar-refractivity contribution in [2.75, 3.05) is 0 Å². The molecule has 5 nitrogen and oxygen atoms in total. The zero-order valence-corrected chi connectivity index (χ0v) is 11.9. The van der Waals surface area contributed by atoms with Crippen molar-refractivity contribution in [3.8, 4) is 0 Å². The van der Waals surface area contributed by atoms with Gasteiger partial charge in [0.15, 0.2) is 0 Å². The molecular formula is C13H16ClFN2O3. The normalized spacial score (nSPS) is 13.4. The highest BCUT2D eigenvalue weighted by molar-refractivity contribution is 6.30. The fraction of sp³-hybridized carbons (Fsp3) is 0.385. The van der Waals surface area contributed by atoms with Crippen LogP contribution in [-0.2, 0) is 11.3 Å². The van der Waals surface area contributed by atoms with Gasteiger partial charge in [-0.25, -0.2) is 14.0 Å². The molecular weight excluding hydrogens is 287 g/mol. The predicted molar refractivity (Wildman–Crippen MR) is 73.1 cm³/mol. The molecule has 0 bridgehead atoms. The summed E-state index contributed by atoms with van der Waals surface area (Å²) in [4.78, 5) is 22.7. The van der Waals surface area contributed by atoms with E-state index in [-0.39, 0.29) is 18.0 Å². The van der Waals surface area contributed by atoms with Crippen LogP contribution in [0.4, 0.5) is 9.18 Å². The lowest BCUT2D eigenvalue weighted by atomic mass is 10.00. The van der Waals surface area contributed by atoms with E-state index >= 15 is 0 Å². The number of amides is 2. The Morgan fingerprint density at radius 1 is 1.45 bits per heavy atom. The first-order chi connectivity index (χ1) is 9.28. The van der Waals surface area contributed by atoms with E-state index in [1.165, 1.54) is 19.1 Å². The summed E-state index contributed by atoms with van der Waals surface area (Å²) in [7, 11) is 0. The fourth-order valence-corrected chi connectivity index (χ4v) is 1.54. The maximum absolute atomic E-state index is 13.2. The van der Waals surface area contributed by atoms with Crippen molar-refractivity contribution < 1.29 is 19.1 Å². The SMILES string of the molecule is CCC(C)(NC(=O)NCc1ccc(Cl)c(F)c1)C(=O)O. The van der Waals surface area contributed by atoms with Gasteiger partial charge in [0.05, 0.1) is 5.02 Å². The van der Waals surface area contributed by atoms with Gasteiger partial charge < -0.3 is 15.7 Å². The van der Waals surface area contributed by atoms with E-state index in [2.05, 4.69) is 10.6 Å². The number of carboxylic acids is 1. The summed E-state index contributed by atoms with van der Waals surface area (Å²) < 4.78 is 13.2. The molecule has 1 aromatic rings. The maximum atomic E-state index is 13.2. The van der Waals surface area contributed by atoms with Crippen LogP contribution in [0, 0.1) is 5.82 Å². The number of hydrogen-bond acceptors (Lipinski definition) is 2. The topological polar surface area (TPSA) is 78.4 Å². The highest BCUT2D eigenvalue weighted by Crippen LogP contribution is 2.15. The molecule has 0 aliphatic heterocycles. The molecule has 2 amide bonds. The molecule has 0 saturated carbocycles. The van der Waals surface area contributed by atoms with Crippen molar-refractivity contribution in [2.24, 2.45) is 0 Å². The minimum atomic E-state index is -1.34. The van der Waals surface area contributed by atoms with Gasteiger partial charge >= 0.3 is 12.0 Å². The van der Waals surface area contributed by atoms with Gasteiger partial charge in [0.25, 0.3) is 0 Å². The number of nitrogens with one attached hydrogen (secondary N) is 2. The first-order valence-electron chi connectivity index (χ1n) is 6.02. The van der Waals surface area contributed by atoms with Crippen LogP contribution < -0.4 is 10.6 Å². The molecule has 20 heavy (non-hydrogen) atoms. The third-order valence-corrected chi connectivity index (χ3v) is 3.31. The number of carbonyl (C=O) groups excluding carboxylic acids is 1.